The number of hydrogen-bond donors (Lipinski definition) is 0. The maximum absolute atomic E-state index is 4.04. The molecule has 0 fully saturated rings. The molecule has 2 rings (SSSR count). The van der Waals surface area contributed by atoms with Crippen LogP contribution in [0.3, 0.4) is 0 Å². The first-order valence-corrected chi connectivity index (χ1v) is 3.57. The first kappa shape index (κ1) is 5.79. The van der Waals surface area contributed by atoms with Crippen LogP contribution in [-0.2, 0) is 0 Å². The molecule has 0 atom stereocenters. The van der Waals surface area contributed by atoms with E-state index in [0.717, 1.165) is 5.82 Å². The smallest absolute Gasteiger partial charge is 0.164 e. The Kier molecular flexibility index (Phi) is 1.17. The first-order chi connectivity index (χ1) is 4.86. The standard InChI is InChI=1S/C5H6N4S/c1-8-2-5-7-3-6-4-9(5)10-8/h2-4H,1H3. The average Bonchev–Trinajstić information content (AvgIpc) is 2.27. The predicted molar refractivity (Wildman–Crippen MR) is 42.3 cm³/mol. The van der Waals surface area contributed by atoms with Crippen molar-refractivity contribution < 1.29 is 0 Å². The van der Waals surface area contributed by atoms with Crippen molar-refractivity contribution in [2.75, 3.05) is 7.05 Å². The van der Waals surface area contributed by atoms with Gasteiger partial charge in [-0.05, 0) is 0 Å². The number of aliphatic imine (C=N–C) groups is 2. The minimum absolute atomic E-state index is 0.933. The lowest BCUT2D eigenvalue weighted by molar-refractivity contribution is 0.783. The second-order valence-electron chi connectivity index (χ2n) is 1.95. The molecule has 0 saturated carbocycles. The summed E-state index contributed by atoms with van der Waals surface area (Å²) >= 11 is 1.56. The molecule has 5 heteroatoms. The average molecular weight is 154 g/mol. The van der Waals surface area contributed by atoms with E-state index >= 15 is 0 Å². The van der Waals surface area contributed by atoms with Crippen LogP contribution in [0.5, 0.6) is 0 Å². The molecule has 0 aromatic carbocycles. The molecule has 10 heavy (non-hydrogen) atoms. The van der Waals surface area contributed by atoms with Crippen LogP contribution in [0.4, 0.5) is 0 Å². The molecule has 0 amide bonds. The zero-order chi connectivity index (χ0) is 6.97. The Bertz CT molecular complexity index is 232. The van der Waals surface area contributed by atoms with E-state index in [2.05, 4.69) is 9.98 Å². The highest BCUT2D eigenvalue weighted by Gasteiger charge is 2.18. The van der Waals surface area contributed by atoms with Gasteiger partial charge < -0.3 is 4.31 Å². The zero-order valence-electron chi connectivity index (χ0n) is 5.43. The summed E-state index contributed by atoms with van der Waals surface area (Å²) in [7, 11) is 1.97. The van der Waals surface area contributed by atoms with Crippen molar-refractivity contribution >= 4 is 24.8 Å². The molecule has 0 aromatic rings. The van der Waals surface area contributed by atoms with Crippen LogP contribution >= 0.6 is 12.1 Å². The largest absolute Gasteiger partial charge is 0.305 e. The lowest BCUT2D eigenvalue weighted by Crippen LogP contribution is -2.11. The Morgan fingerprint density at radius 1 is 1.60 bits per heavy atom. The summed E-state index contributed by atoms with van der Waals surface area (Å²) in [5, 5.41) is 0. The monoisotopic (exact) mass is 154 g/mol. The maximum atomic E-state index is 4.04. The minimum atomic E-state index is 0.933. The normalized spacial score (nSPS) is 21.5. The SMILES string of the molecule is CN1C=C2N=CN=CN2S1. The summed E-state index contributed by atoms with van der Waals surface area (Å²) in [4.78, 5) is 7.92. The van der Waals surface area contributed by atoms with Crippen LogP contribution in [0.25, 0.3) is 0 Å². The first-order valence-electron chi connectivity index (χ1n) is 2.84. The van der Waals surface area contributed by atoms with E-state index in [1.807, 2.05) is 21.9 Å². The molecular formula is C5H6N4S. The van der Waals surface area contributed by atoms with E-state index in [1.54, 1.807) is 24.8 Å². The number of nitrogens with zero attached hydrogens (tertiary/aromatic N) is 4. The Hall–Kier alpha value is -0.970. The fraction of sp³-hybridized carbons (Fsp3) is 0.200. The molecule has 0 unspecified atom stereocenters. The molecule has 2 aliphatic rings. The van der Waals surface area contributed by atoms with Crippen LogP contribution in [0.1, 0.15) is 0 Å². The van der Waals surface area contributed by atoms with Gasteiger partial charge in [0.2, 0.25) is 0 Å². The van der Waals surface area contributed by atoms with Crippen molar-refractivity contribution in [3.05, 3.63) is 12.0 Å². The Morgan fingerprint density at radius 3 is 3.30 bits per heavy atom. The fourth-order valence-electron chi connectivity index (χ4n) is 0.777. The highest BCUT2D eigenvalue weighted by Crippen LogP contribution is 2.28. The fourth-order valence-corrected chi connectivity index (χ4v) is 1.47. The Balaban J connectivity index is 2.29. The van der Waals surface area contributed by atoms with E-state index in [9.17, 15) is 0 Å². The van der Waals surface area contributed by atoms with Crippen LogP contribution in [-0.4, -0.2) is 28.3 Å². The van der Waals surface area contributed by atoms with Crippen molar-refractivity contribution in [3.8, 4) is 0 Å². The molecule has 0 bridgehead atoms. The van der Waals surface area contributed by atoms with Gasteiger partial charge in [-0.1, -0.05) is 0 Å². The lowest BCUT2D eigenvalue weighted by atomic mass is 10.7. The number of rotatable bonds is 0. The number of fused-ring (bicyclic) bond motifs is 1. The molecule has 2 heterocycles. The van der Waals surface area contributed by atoms with Crippen molar-refractivity contribution in [3.63, 3.8) is 0 Å². The van der Waals surface area contributed by atoms with Gasteiger partial charge in [0.05, 0.1) is 18.3 Å². The third-order valence-electron chi connectivity index (χ3n) is 1.17. The van der Waals surface area contributed by atoms with Gasteiger partial charge in [-0.2, -0.15) is 0 Å². The van der Waals surface area contributed by atoms with E-state index in [0.29, 0.717) is 0 Å². The summed E-state index contributed by atoms with van der Waals surface area (Å²) in [5.74, 6) is 0.933. The molecule has 4 nitrogen and oxygen atoms in total. The summed E-state index contributed by atoms with van der Waals surface area (Å²) in [6, 6.07) is 0. The molecule has 0 radical (unpaired) electrons. The van der Waals surface area contributed by atoms with E-state index in [4.69, 9.17) is 0 Å². The second kappa shape index (κ2) is 2.02. The van der Waals surface area contributed by atoms with Gasteiger partial charge in [0.1, 0.15) is 12.7 Å². The second-order valence-corrected chi connectivity index (χ2v) is 3.08. The lowest BCUT2D eigenvalue weighted by Gasteiger charge is -2.12. The van der Waals surface area contributed by atoms with Crippen molar-refractivity contribution in [2.45, 2.75) is 0 Å². The summed E-state index contributed by atoms with van der Waals surface area (Å²) < 4.78 is 3.88. The van der Waals surface area contributed by atoms with Gasteiger partial charge in [-0.25, -0.2) is 14.3 Å². The van der Waals surface area contributed by atoms with E-state index in [1.165, 1.54) is 0 Å². The van der Waals surface area contributed by atoms with Gasteiger partial charge in [0.15, 0.2) is 5.82 Å². The van der Waals surface area contributed by atoms with Gasteiger partial charge >= 0.3 is 0 Å². The van der Waals surface area contributed by atoms with Gasteiger partial charge in [0.25, 0.3) is 0 Å². The van der Waals surface area contributed by atoms with E-state index < -0.39 is 0 Å². The summed E-state index contributed by atoms with van der Waals surface area (Å²) in [6.45, 7) is 0. The molecule has 0 saturated heterocycles. The van der Waals surface area contributed by atoms with Gasteiger partial charge in [0, 0.05) is 7.05 Å². The maximum Gasteiger partial charge on any atom is 0.164 e. The molecule has 0 N–H and O–H groups in total. The third-order valence-corrected chi connectivity index (χ3v) is 1.99. The van der Waals surface area contributed by atoms with Crippen molar-refractivity contribution in [2.24, 2.45) is 9.98 Å². The minimum Gasteiger partial charge on any atom is -0.305 e. The Morgan fingerprint density at radius 2 is 2.50 bits per heavy atom. The molecule has 0 aromatic heterocycles. The molecule has 0 aliphatic carbocycles. The molecule has 52 valence electrons. The van der Waals surface area contributed by atoms with E-state index in [-0.39, 0.29) is 0 Å². The number of hydrogen-bond acceptors (Lipinski definition) is 5. The van der Waals surface area contributed by atoms with Crippen LogP contribution < -0.4 is 0 Å². The molecule has 2 aliphatic heterocycles. The zero-order valence-corrected chi connectivity index (χ0v) is 6.25. The van der Waals surface area contributed by atoms with Crippen LogP contribution in [0.2, 0.25) is 0 Å². The third kappa shape index (κ3) is 0.786. The summed E-state index contributed by atoms with van der Waals surface area (Å²) in [5.41, 5.74) is 0. The highest BCUT2D eigenvalue weighted by molar-refractivity contribution is 7.95. The van der Waals surface area contributed by atoms with Crippen molar-refractivity contribution in [1.29, 1.82) is 0 Å². The van der Waals surface area contributed by atoms with Crippen LogP contribution in [0, 0.1) is 0 Å². The molecule has 0 spiro atoms. The van der Waals surface area contributed by atoms with Gasteiger partial charge in [-0.15, -0.1) is 0 Å². The van der Waals surface area contributed by atoms with Crippen LogP contribution in [0.15, 0.2) is 22.0 Å². The quantitative estimate of drug-likeness (QED) is 0.480. The highest BCUT2D eigenvalue weighted by atomic mass is 32.2. The predicted octanol–water partition coefficient (Wildman–Crippen LogP) is 0.666. The van der Waals surface area contributed by atoms with Crippen molar-refractivity contribution in [1.82, 2.24) is 8.61 Å². The summed E-state index contributed by atoms with van der Waals surface area (Å²) in [6.07, 6.45) is 5.24. The van der Waals surface area contributed by atoms with Gasteiger partial charge in [-0.3, -0.25) is 0 Å². The Labute approximate surface area is 63.2 Å². The topological polar surface area (TPSA) is 31.2 Å². The molecular weight excluding hydrogens is 148 g/mol.